The van der Waals surface area contributed by atoms with E-state index in [1.54, 1.807) is 13.1 Å². The molecule has 2 atom stereocenters. The number of nitrogens with two attached hydrogens (primary N) is 1. The number of aryl methyl sites for hydroxylation is 1. The number of anilines is 1. The minimum absolute atomic E-state index is 0.0397. The Balaban J connectivity index is 2.00. The Kier molecular flexibility index (Phi) is 3.39. The van der Waals surface area contributed by atoms with Crippen LogP contribution in [0.2, 0.25) is 0 Å². The molecule has 21 heavy (non-hydrogen) atoms. The Labute approximate surface area is 123 Å². The van der Waals surface area contributed by atoms with Gasteiger partial charge < -0.3 is 5.73 Å². The van der Waals surface area contributed by atoms with E-state index in [1.165, 1.54) is 11.1 Å². The molecule has 6 heteroatoms. The molecule has 0 aromatic carbocycles. The van der Waals surface area contributed by atoms with Gasteiger partial charge >= 0.3 is 0 Å². The van der Waals surface area contributed by atoms with Crippen LogP contribution in [0, 0.1) is 18.8 Å². The SMILES string of the molecule is Cc1cncc(N2C(=O)C3(C[CH]CCC3)CC2C(N)=O)n1. The monoisotopic (exact) mass is 287 g/mol. The van der Waals surface area contributed by atoms with E-state index < -0.39 is 17.4 Å². The van der Waals surface area contributed by atoms with E-state index in [4.69, 9.17) is 5.73 Å². The Morgan fingerprint density at radius 1 is 1.48 bits per heavy atom. The fourth-order valence-corrected chi connectivity index (χ4v) is 3.45. The van der Waals surface area contributed by atoms with Crippen LogP contribution in [0.5, 0.6) is 0 Å². The smallest absolute Gasteiger partial charge is 0.240 e. The summed E-state index contributed by atoms with van der Waals surface area (Å²) >= 11 is 0. The summed E-state index contributed by atoms with van der Waals surface area (Å²) in [5.41, 5.74) is 5.75. The van der Waals surface area contributed by atoms with Crippen LogP contribution in [-0.4, -0.2) is 27.8 Å². The summed E-state index contributed by atoms with van der Waals surface area (Å²) in [5.74, 6) is -0.0949. The molecule has 1 aromatic rings. The molecule has 1 radical (unpaired) electrons. The molecule has 2 aliphatic rings. The third-order valence-electron chi connectivity index (χ3n) is 4.48. The average molecular weight is 287 g/mol. The van der Waals surface area contributed by atoms with Crippen LogP contribution in [0.25, 0.3) is 0 Å². The standard InChI is InChI=1S/C15H19N4O2/c1-10-8-17-9-12(18-10)19-11(13(16)20)7-15(14(19)21)5-3-2-4-6-15/h3,8-9,11H,2,4-7H2,1H3,(H2,16,20). The van der Waals surface area contributed by atoms with Crippen molar-refractivity contribution in [3.63, 3.8) is 0 Å². The predicted molar refractivity (Wildman–Crippen MR) is 77.1 cm³/mol. The maximum Gasteiger partial charge on any atom is 0.240 e. The van der Waals surface area contributed by atoms with Gasteiger partial charge in [-0.05, 0) is 32.6 Å². The first-order chi connectivity index (χ1) is 10.0. The molecule has 1 spiro atoms. The van der Waals surface area contributed by atoms with Gasteiger partial charge in [-0.15, -0.1) is 0 Å². The summed E-state index contributed by atoms with van der Waals surface area (Å²) < 4.78 is 0. The third-order valence-corrected chi connectivity index (χ3v) is 4.48. The van der Waals surface area contributed by atoms with Gasteiger partial charge in [-0.25, -0.2) is 4.98 Å². The summed E-state index contributed by atoms with van der Waals surface area (Å²) in [6.07, 6.45) is 9.29. The quantitative estimate of drug-likeness (QED) is 0.883. The van der Waals surface area contributed by atoms with Crippen molar-refractivity contribution in [1.82, 2.24) is 9.97 Å². The maximum absolute atomic E-state index is 12.9. The van der Waals surface area contributed by atoms with E-state index in [2.05, 4.69) is 16.4 Å². The minimum Gasteiger partial charge on any atom is -0.368 e. The lowest BCUT2D eigenvalue weighted by Crippen LogP contribution is -2.43. The van der Waals surface area contributed by atoms with Crippen LogP contribution in [0.15, 0.2) is 12.4 Å². The molecule has 2 amide bonds. The van der Waals surface area contributed by atoms with Crippen LogP contribution in [0.3, 0.4) is 0 Å². The maximum atomic E-state index is 12.9. The number of hydrogen-bond acceptors (Lipinski definition) is 4. The van der Waals surface area contributed by atoms with Crippen molar-refractivity contribution in [1.29, 1.82) is 0 Å². The second kappa shape index (κ2) is 5.09. The average Bonchev–Trinajstić information content (AvgIpc) is 2.74. The van der Waals surface area contributed by atoms with Crippen molar-refractivity contribution in [2.75, 3.05) is 4.90 Å². The zero-order chi connectivity index (χ0) is 15.0. The summed E-state index contributed by atoms with van der Waals surface area (Å²) in [5, 5.41) is 0. The van der Waals surface area contributed by atoms with E-state index in [0.717, 1.165) is 19.3 Å². The Morgan fingerprint density at radius 2 is 2.29 bits per heavy atom. The number of hydrogen-bond donors (Lipinski definition) is 1. The zero-order valence-corrected chi connectivity index (χ0v) is 12.1. The van der Waals surface area contributed by atoms with E-state index in [0.29, 0.717) is 24.4 Å². The summed E-state index contributed by atoms with van der Waals surface area (Å²) in [6.45, 7) is 1.81. The Morgan fingerprint density at radius 3 is 2.90 bits per heavy atom. The lowest BCUT2D eigenvalue weighted by atomic mass is 9.72. The van der Waals surface area contributed by atoms with E-state index in [9.17, 15) is 9.59 Å². The van der Waals surface area contributed by atoms with Gasteiger partial charge in [0.2, 0.25) is 11.8 Å². The molecular formula is C15H19N4O2. The van der Waals surface area contributed by atoms with Gasteiger partial charge in [0.25, 0.3) is 0 Å². The minimum atomic E-state index is -0.625. The first-order valence-corrected chi connectivity index (χ1v) is 7.27. The molecule has 0 bridgehead atoms. The van der Waals surface area contributed by atoms with Crippen molar-refractivity contribution in [2.24, 2.45) is 11.1 Å². The molecule has 2 fully saturated rings. The molecule has 2 heterocycles. The lowest BCUT2D eigenvalue weighted by Gasteiger charge is -2.30. The molecule has 111 valence electrons. The van der Waals surface area contributed by atoms with Gasteiger partial charge in [0.1, 0.15) is 6.04 Å². The number of amides is 2. The molecule has 1 aliphatic heterocycles. The number of nitrogens with zero attached hydrogens (tertiary/aromatic N) is 3. The molecule has 2 unspecified atom stereocenters. The van der Waals surface area contributed by atoms with Crippen LogP contribution in [-0.2, 0) is 9.59 Å². The van der Waals surface area contributed by atoms with Gasteiger partial charge in [0.05, 0.1) is 17.3 Å². The molecule has 1 aromatic heterocycles. The van der Waals surface area contributed by atoms with Crippen molar-refractivity contribution >= 4 is 17.6 Å². The second-order valence-corrected chi connectivity index (χ2v) is 5.98. The molecule has 1 saturated carbocycles. The molecule has 2 N–H and O–H groups in total. The van der Waals surface area contributed by atoms with E-state index in [1.807, 2.05) is 0 Å². The van der Waals surface area contributed by atoms with Crippen molar-refractivity contribution < 1.29 is 9.59 Å². The van der Waals surface area contributed by atoms with Crippen LogP contribution < -0.4 is 10.6 Å². The van der Waals surface area contributed by atoms with Crippen molar-refractivity contribution in [2.45, 2.75) is 45.1 Å². The predicted octanol–water partition coefficient (Wildman–Crippen LogP) is 1.14. The number of primary amides is 1. The van der Waals surface area contributed by atoms with Gasteiger partial charge in [-0.3, -0.25) is 19.5 Å². The number of carbonyl (C=O) groups is 2. The fraction of sp³-hybridized carbons (Fsp3) is 0.533. The fourth-order valence-electron chi connectivity index (χ4n) is 3.45. The molecule has 1 aliphatic carbocycles. The van der Waals surface area contributed by atoms with Crippen molar-refractivity contribution in [3.05, 3.63) is 24.5 Å². The van der Waals surface area contributed by atoms with E-state index in [-0.39, 0.29) is 5.91 Å². The summed E-state index contributed by atoms with van der Waals surface area (Å²) in [4.78, 5) is 34.6. The highest BCUT2D eigenvalue weighted by Gasteiger charge is 2.54. The van der Waals surface area contributed by atoms with Gasteiger partial charge in [0, 0.05) is 6.20 Å². The third kappa shape index (κ3) is 2.28. The summed E-state index contributed by atoms with van der Waals surface area (Å²) in [7, 11) is 0. The number of rotatable bonds is 2. The first kappa shape index (κ1) is 14.0. The molecule has 6 nitrogen and oxygen atoms in total. The Bertz CT molecular complexity index is 581. The first-order valence-electron chi connectivity index (χ1n) is 7.27. The van der Waals surface area contributed by atoms with Crippen LogP contribution in [0.4, 0.5) is 5.82 Å². The second-order valence-electron chi connectivity index (χ2n) is 5.98. The molecule has 3 rings (SSSR count). The highest BCUT2D eigenvalue weighted by molar-refractivity contribution is 6.06. The largest absolute Gasteiger partial charge is 0.368 e. The zero-order valence-electron chi connectivity index (χ0n) is 12.1. The number of aromatic nitrogens is 2. The topological polar surface area (TPSA) is 89.2 Å². The molecule has 1 saturated heterocycles. The van der Waals surface area contributed by atoms with Gasteiger partial charge in [-0.2, -0.15) is 0 Å². The van der Waals surface area contributed by atoms with Crippen molar-refractivity contribution in [3.8, 4) is 0 Å². The normalized spacial score (nSPS) is 24.5. The summed E-state index contributed by atoms with van der Waals surface area (Å²) in [6, 6.07) is -0.625. The lowest BCUT2D eigenvalue weighted by molar-refractivity contribution is -0.126. The highest BCUT2D eigenvalue weighted by Crippen LogP contribution is 2.47. The highest BCUT2D eigenvalue weighted by atomic mass is 16.2. The van der Waals surface area contributed by atoms with Gasteiger partial charge in [0.15, 0.2) is 5.82 Å². The number of carbonyl (C=O) groups excluding carboxylic acids is 2. The van der Waals surface area contributed by atoms with Gasteiger partial charge in [-0.1, -0.05) is 12.8 Å². The van der Waals surface area contributed by atoms with E-state index >= 15 is 0 Å². The molecular weight excluding hydrogens is 268 g/mol. The van der Waals surface area contributed by atoms with Crippen LogP contribution >= 0.6 is 0 Å². The Hall–Kier alpha value is -1.98. The van der Waals surface area contributed by atoms with Crippen LogP contribution in [0.1, 0.15) is 37.8 Å².